The number of nitrogens with two attached hydrogens (primary N) is 2. The van der Waals surface area contributed by atoms with Crippen LogP contribution in [0.15, 0.2) is 30.3 Å². The molecule has 0 radical (unpaired) electrons. The molecule has 0 aliphatic heterocycles. The van der Waals surface area contributed by atoms with Gasteiger partial charge in [-0.1, -0.05) is 13.8 Å². The molecule has 3 aromatic rings. The summed E-state index contributed by atoms with van der Waals surface area (Å²) in [4.78, 5) is 16.6. The third-order valence-corrected chi connectivity index (χ3v) is 5.46. The molecule has 0 fully saturated rings. The molecule has 0 bridgehead atoms. The lowest BCUT2D eigenvalue weighted by Crippen LogP contribution is -2.30. The van der Waals surface area contributed by atoms with E-state index in [4.69, 9.17) is 21.3 Å². The van der Waals surface area contributed by atoms with Gasteiger partial charge in [0.1, 0.15) is 18.5 Å². The van der Waals surface area contributed by atoms with E-state index >= 15 is 0 Å². The highest BCUT2D eigenvalue weighted by atomic mass is 16.5. The lowest BCUT2D eigenvalue weighted by molar-refractivity contribution is 0.0535. The molecule has 0 saturated heterocycles. The molecule has 7 nitrogen and oxygen atoms in total. The van der Waals surface area contributed by atoms with Crippen molar-refractivity contribution in [3.05, 3.63) is 52.7 Å². The van der Waals surface area contributed by atoms with Crippen LogP contribution in [0.1, 0.15) is 41.0 Å². The number of H-pyrrole nitrogens is 1. The van der Waals surface area contributed by atoms with Crippen LogP contribution in [-0.4, -0.2) is 40.3 Å². The van der Waals surface area contributed by atoms with Gasteiger partial charge in [0.25, 0.3) is 0 Å². The quantitative estimate of drug-likeness (QED) is 0.438. The largest absolute Gasteiger partial charge is 0.491 e. The third kappa shape index (κ3) is 2.55. The summed E-state index contributed by atoms with van der Waals surface area (Å²) in [6.07, 6.45) is -0.959. The summed E-state index contributed by atoms with van der Waals surface area (Å²) in [6, 6.07) is 8.78. The van der Waals surface area contributed by atoms with Crippen molar-refractivity contribution in [3.8, 4) is 5.75 Å². The second-order valence-electron chi connectivity index (χ2n) is 7.67. The van der Waals surface area contributed by atoms with E-state index in [2.05, 4.69) is 4.98 Å². The molecule has 1 heterocycles. The van der Waals surface area contributed by atoms with E-state index in [1.54, 1.807) is 18.2 Å². The summed E-state index contributed by atoms with van der Waals surface area (Å²) in [5.74, 6) is 0.442. The molecular formula is C21H23N3O4. The first-order valence-corrected chi connectivity index (χ1v) is 9.06. The van der Waals surface area contributed by atoms with E-state index in [-0.39, 0.29) is 19.0 Å². The monoisotopic (exact) mass is 381 g/mol. The van der Waals surface area contributed by atoms with E-state index in [1.807, 2.05) is 26.0 Å². The number of anilines is 2. The van der Waals surface area contributed by atoms with Crippen molar-refractivity contribution < 1.29 is 19.7 Å². The van der Waals surface area contributed by atoms with Crippen LogP contribution in [0.25, 0.3) is 10.9 Å². The highest BCUT2D eigenvalue weighted by Gasteiger charge is 2.40. The Morgan fingerprint density at radius 1 is 1.21 bits per heavy atom. The van der Waals surface area contributed by atoms with Crippen molar-refractivity contribution >= 4 is 28.1 Å². The van der Waals surface area contributed by atoms with Crippen LogP contribution in [0.5, 0.6) is 5.75 Å². The summed E-state index contributed by atoms with van der Waals surface area (Å²) >= 11 is 0. The summed E-state index contributed by atoms with van der Waals surface area (Å²) in [5.41, 5.74) is 16.0. The van der Waals surface area contributed by atoms with E-state index in [1.165, 1.54) is 0 Å². The molecular weight excluding hydrogens is 358 g/mol. The highest BCUT2D eigenvalue weighted by Crippen LogP contribution is 2.45. The van der Waals surface area contributed by atoms with E-state index in [9.17, 15) is 9.90 Å². The summed E-state index contributed by atoms with van der Waals surface area (Å²) in [6.45, 7) is 3.64. The standard InChI is InChI=1S/C21H23N3O4/c1-21(2)14-7-11(28-9-10(26)8-25)3-4-12(14)19(27)16-13-5-6-15(22)17(23)18(13)24-20(16)21/h3-7,10,24-26H,8-9,22-23H2,1-2H3/t10-/m1/s1. The van der Waals surface area contributed by atoms with Gasteiger partial charge in [0.05, 0.1) is 29.1 Å². The average molecular weight is 381 g/mol. The van der Waals surface area contributed by atoms with Crippen molar-refractivity contribution in [3.63, 3.8) is 0 Å². The van der Waals surface area contributed by atoms with Gasteiger partial charge in [0.15, 0.2) is 5.78 Å². The Morgan fingerprint density at radius 2 is 1.96 bits per heavy atom. The number of ketones is 1. The van der Waals surface area contributed by atoms with Gasteiger partial charge in [-0.3, -0.25) is 4.79 Å². The Bertz CT molecular complexity index is 1100. The Labute approximate surface area is 161 Å². The molecule has 7 N–H and O–H groups in total. The van der Waals surface area contributed by atoms with E-state index in [0.29, 0.717) is 33.8 Å². The van der Waals surface area contributed by atoms with Crippen LogP contribution in [0, 0.1) is 0 Å². The number of aromatic nitrogens is 1. The first-order chi connectivity index (χ1) is 13.3. The van der Waals surface area contributed by atoms with Crippen LogP contribution in [-0.2, 0) is 5.41 Å². The smallest absolute Gasteiger partial charge is 0.195 e. The Morgan fingerprint density at radius 3 is 2.68 bits per heavy atom. The lowest BCUT2D eigenvalue weighted by atomic mass is 9.71. The Kier molecular flexibility index (Phi) is 4.10. The Hall–Kier alpha value is -3.03. The minimum absolute atomic E-state index is 0.0306. The molecule has 7 heteroatoms. The van der Waals surface area contributed by atoms with Gasteiger partial charge in [-0.2, -0.15) is 0 Å². The molecule has 28 heavy (non-hydrogen) atoms. The molecule has 1 atom stereocenters. The Balaban J connectivity index is 1.86. The molecule has 0 saturated carbocycles. The second-order valence-corrected chi connectivity index (χ2v) is 7.67. The zero-order chi connectivity index (χ0) is 20.2. The normalized spacial score (nSPS) is 15.9. The number of aliphatic hydroxyl groups excluding tert-OH is 2. The number of ether oxygens (including phenoxy) is 1. The summed E-state index contributed by atoms with van der Waals surface area (Å²) < 4.78 is 5.57. The lowest BCUT2D eigenvalue weighted by Gasteiger charge is -2.32. The maximum absolute atomic E-state index is 13.3. The van der Waals surface area contributed by atoms with Gasteiger partial charge in [0.2, 0.25) is 0 Å². The van der Waals surface area contributed by atoms with Crippen molar-refractivity contribution in [2.75, 3.05) is 24.7 Å². The maximum atomic E-state index is 13.3. The molecule has 4 rings (SSSR count). The fraction of sp³-hybridized carbons (Fsp3) is 0.286. The van der Waals surface area contributed by atoms with E-state index in [0.717, 1.165) is 16.6 Å². The fourth-order valence-electron chi connectivity index (χ4n) is 3.85. The molecule has 0 spiro atoms. The molecule has 0 amide bonds. The van der Waals surface area contributed by atoms with Crippen LogP contribution in [0.4, 0.5) is 11.4 Å². The van der Waals surface area contributed by atoms with Crippen LogP contribution in [0.3, 0.4) is 0 Å². The molecule has 1 aliphatic carbocycles. The summed E-state index contributed by atoms with van der Waals surface area (Å²) in [5, 5.41) is 19.2. The number of nitrogens with one attached hydrogen (secondary N) is 1. The van der Waals surface area contributed by atoms with Crippen molar-refractivity contribution in [1.82, 2.24) is 4.98 Å². The van der Waals surface area contributed by atoms with Crippen LogP contribution >= 0.6 is 0 Å². The fourth-order valence-corrected chi connectivity index (χ4v) is 3.85. The number of aliphatic hydroxyl groups is 2. The van der Waals surface area contributed by atoms with Crippen molar-refractivity contribution in [1.29, 1.82) is 0 Å². The van der Waals surface area contributed by atoms with Gasteiger partial charge in [-0.25, -0.2) is 0 Å². The minimum atomic E-state index is -0.959. The number of rotatable bonds is 4. The second kappa shape index (κ2) is 6.25. The van der Waals surface area contributed by atoms with Gasteiger partial charge < -0.3 is 31.4 Å². The minimum Gasteiger partial charge on any atom is -0.491 e. The van der Waals surface area contributed by atoms with Crippen LogP contribution < -0.4 is 16.2 Å². The number of carbonyl (C=O) groups excluding carboxylic acids is 1. The molecule has 2 aromatic carbocycles. The van der Waals surface area contributed by atoms with Gasteiger partial charge in [-0.05, 0) is 35.9 Å². The van der Waals surface area contributed by atoms with Crippen molar-refractivity contribution in [2.45, 2.75) is 25.4 Å². The zero-order valence-corrected chi connectivity index (χ0v) is 15.7. The SMILES string of the molecule is CC1(C)c2cc(OC[C@H](O)CO)ccc2C(=O)c2c1[nH]c1c(N)c(N)ccc21. The first-order valence-electron chi connectivity index (χ1n) is 9.06. The molecule has 0 unspecified atom stereocenters. The summed E-state index contributed by atoms with van der Waals surface area (Å²) in [7, 11) is 0. The van der Waals surface area contributed by atoms with Gasteiger partial charge >= 0.3 is 0 Å². The zero-order valence-electron chi connectivity index (χ0n) is 15.7. The van der Waals surface area contributed by atoms with Crippen LogP contribution in [0.2, 0.25) is 0 Å². The third-order valence-electron chi connectivity index (χ3n) is 5.46. The molecule has 1 aliphatic rings. The number of fused-ring (bicyclic) bond motifs is 4. The first kappa shape index (κ1) is 18.3. The number of aromatic amines is 1. The van der Waals surface area contributed by atoms with Crippen molar-refractivity contribution in [2.24, 2.45) is 0 Å². The topological polar surface area (TPSA) is 135 Å². The molecule has 1 aromatic heterocycles. The van der Waals surface area contributed by atoms with E-state index < -0.39 is 11.5 Å². The predicted molar refractivity (Wildman–Crippen MR) is 108 cm³/mol. The number of nitrogen functional groups attached to an aromatic ring is 2. The van der Waals surface area contributed by atoms with Gasteiger partial charge in [0, 0.05) is 22.1 Å². The number of benzene rings is 2. The average Bonchev–Trinajstić information content (AvgIpc) is 3.09. The number of hydrogen-bond acceptors (Lipinski definition) is 6. The highest BCUT2D eigenvalue weighted by molar-refractivity contribution is 6.21. The number of hydrogen-bond donors (Lipinski definition) is 5. The maximum Gasteiger partial charge on any atom is 0.195 e. The predicted octanol–water partition coefficient (Wildman–Crippen LogP) is 1.93. The molecule has 146 valence electrons. The van der Waals surface area contributed by atoms with Gasteiger partial charge in [-0.15, -0.1) is 0 Å². The number of carbonyl (C=O) groups is 1.